The molecule has 4 aromatic rings. The number of rotatable bonds is 4. The van der Waals surface area contributed by atoms with Crippen LogP contribution in [0.4, 0.5) is 10.1 Å². The van der Waals surface area contributed by atoms with E-state index in [-0.39, 0.29) is 11.7 Å². The van der Waals surface area contributed by atoms with Crippen LogP contribution in [0.25, 0.3) is 21.1 Å². The van der Waals surface area contributed by atoms with Gasteiger partial charge in [0.2, 0.25) is 0 Å². The van der Waals surface area contributed by atoms with Crippen LogP contribution in [0.5, 0.6) is 0 Å². The average molecular weight is 462 g/mol. The van der Waals surface area contributed by atoms with Crippen LogP contribution in [0.3, 0.4) is 0 Å². The Kier molecular flexibility index (Phi) is 5.68. The highest BCUT2D eigenvalue weighted by atomic mass is 32.1. The molecule has 0 bridgehead atoms. The van der Waals surface area contributed by atoms with E-state index in [0.29, 0.717) is 37.6 Å². The Bertz CT molecular complexity index is 1290. The predicted octanol–water partition coefficient (Wildman–Crippen LogP) is 4.92. The molecule has 8 heteroatoms. The number of amides is 1. The van der Waals surface area contributed by atoms with Crippen LogP contribution in [-0.2, 0) is 0 Å². The molecule has 2 aromatic carbocycles. The van der Waals surface area contributed by atoms with Gasteiger partial charge in [-0.3, -0.25) is 9.89 Å². The maximum Gasteiger partial charge on any atom is 0.274 e. The van der Waals surface area contributed by atoms with E-state index in [1.165, 1.54) is 11.6 Å². The molecule has 1 fully saturated rings. The van der Waals surface area contributed by atoms with Crippen molar-refractivity contribution in [3.63, 3.8) is 0 Å². The van der Waals surface area contributed by atoms with E-state index in [2.05, 4.69) is 41.4 Å². The number of halogens is 1. The standard InChI is InChI=1S/C25H24FN5OS/c1-16-7-9-18(10-8-16)24-27-17(2)23(33-24)20-15-21(29-28-20)25(32)31-13-11-30(12-14-31)22-6-4-3-5-19(22)26/h3-10,15H,11-14H2,1-2H3,(H,28,29). The molecule has 6 nitrogen and oxygen atoms in total. The zero-order valence-electron chi connectivity index (χ0n) is 18.5. The van der Waals surface area contributed by atoms with Crippen molar-refractivity contribution in [1.29, 1.82) is 0 Å². The smallest absolute Gasteiger partial charge is 0.274 e. The maximum atomic E-state index is 14.1. The first-order valence-electron chi connectivity index (χ1n) is 10.9. The third-order valence-corrected chi connectivity index (χ3v) is 7.14. The second-order valence-corrected chi connectivity index (χ2v) is 9.20. The first kappa shape index (κ1) is 21.3. The number of aromatic nitrogens is 3. The van der Waals surface area contributed by atoms with E-state index >= 15 is 0 Å². The molecule has 33 heavy (non-hydrogen) atoms. The first-order chi connectivity index (χ1) is 16.0. The molecule has 0 spiro atoms. The summed E-state index contributed by atoms with van der Waals surface area (Å²) in [4.78, 5) is 22.5. The van der Waals surface area contributed by atoms with Crippen molar-refractivity contribution in [2.45, 2.75) is 13.8 Å². The van der Waals surface area contributed by atoms with Gasteiger partial charge in [-0.05, 0) is 32.0 Å². The number of H-pyrrole nitrogens is 1. The van der Waals surface area contributed by atoms with Crippen LogP contribution in [0, 0.1) is 19.7 Å². The van der Waals surface area contributed by atoms with Gasteiger partial charge in [-0.25, -0.2) is 9.37 Å². The van der Waals surface area contributed by atoms with E-state index in [1.54, 1.807) is 34.4 Å². The van der Waals surface area contributed by atoms with Crippen LogP contribution in [-0.4, -0.2) is 52.2 Å². The topological polar surface area (TPSA) is 65.1 Å². The Balaban J connectivity index is 1.29. The summed E-state index contributed by atoms with van der Waals surface area (Å²) in [5, 5.41) is 8.23. The van der Waals surface area contributed by atoms with E-state index in [9.17, 15) is 9.18 Å². The molecule has 0 aliphatic carbocycles. The molecule has 1 amide bonds. The lowest BCUT2D eigenvalue weighted by Gasteiger charge is -2.35. The van der Waals surface area contributed by atoms with Crippen molar-refractivity contribution < 1.29 is 9.18 Å². The molecule has 3 heterocycles. The predicted molar refractivity (Wildman–Crippen MR) is 129 cm³/mol. The fourth-order valence-corrected chi connectivity index (χ4v) is 5.07. The van der Waals surface area contributed by atoms with Crippen LogP contribution in [0.15, 0.2) is 54.6 Å². The highest BCUT2D eigenvalue weighted by Gasteiger charge is 2.25. The van der Waals surface area contributed by atoms with Gasteiger partial charge in [0.25, 0.3) is 5.91 Å². The number of para-hydroxylation sites is 1. The average Bonchev–Trinajstić information content (AvgIpc) is 3.46. The highest BCUT2D eigenvalue weighted by molar-refractivity contribution is 7.18. The second-order valence-electron chi connectivity index (χ2n) is 8.20. The number of piperazine rings is 1. The maximum absolute atomic E-state index is 14.1. The molecule has 168 valence electrons. The fraction of sp³-hybridized carbons (Fsp3) is 0.240. The van der Waals surface area contributed by atoms with Crippen molar-refractivity contribution in [3.8, 4) is 21.1 Å². The molecule has 0 radical (unpaired) electrons. The summed E-state index contributed by atoms with van der Waals surface area (Å²) in [5.74, 6) is -0.356. The number of carbonyl (C=O) groups is 1. The number of hydrogen-bond donors (Lipinski definition) is 1. The molecule has 1 aliphatic heterocycles. The van der Waals surface area contributed by atoms with Gasteiger partial charge in [0.05, 0.1) is 22.0 Å². The highest BCUT2D eigenvalue weighted by Crippen LogP contribution is 2.34. The molecular formula is C25H24FN5OS. The first-order valence-corrected chi connectivity index (χ1v) is 11.7. The molecule has 0 atom stereocenters. The SMILES string of the molecule is Cc1ccc(-c2nc(C)c(-c3cc(C(=O)N4CCN(c5ccccc5F)CC4)n[nH]3)s2)cc1. The van der Waals surface area contributed by atoms with Crippen molar-refractivity contribution in [2.24, 2.45) is 0 Å². The third kappa shape index (κ3) is 4.26. The summed E-state index contributed by atoms with van der Waals surface area (Å²) in [7, 11) is 0. The lowest BCUT2D eigenvalue weighted by Crippen LogP contribution is -2.49. The summed E-state index contributed by atoms with van der Waals surface area (Å²) in [6, 6.07) is 16.8. The zero-order valence-corrected chi connectivity index (χ0v) is 19.3. The van der Waals surface area contributed by atoms with Gasteiger partial charge >= 0.3 is 0 Å². The van der Waals surface area contributed by atoms with Crippen LogP contribution in [0.2, 0.25) is 0 Å². The number of benzene rings is 2. The lowest BCUT2D eigenvalue weighted by atomic mass is 10.2. The molecular weight excluding hydrogens is 437 g/mol. The van der Waals surface area contributed by atoms with E-state index in [1.807, 2.05) is 17.9 Å². The van der Waals surface area contributed by atoms with Crippen molar-refractivity contribution in [3.05, 3.63) is 77.4 Å². The van der Waals surface area contributed by atoms with Crippen LogP contribution in [0.1, 0.15) is 21.7 Å². The minimum absolute atomic E-state index is 0.119. The molecule has 1 N–H and O–H groups in total. The third-order valence-electron chi connectivity index (χ3n) is 5.90. The Morgan fingerprint density at radius 3 is 2.48 bits per heavy atom. The molecule has 2 aromatic heterocycles. The van der Waals surface area contributed by atoms with E-state index in [0.717, 1.165) is 26.8 Å². The molecule has 1 saturated heterocycles. The summed E-state index contributed by atoms with van der Waals surface area (Å²) in [6.45, 7) is 6.23. The number of carbonyl (C=O) groups excluding carboxylic acids is 1. The number of hydrogen-bond acceptors (Lipinski definition) is 5. The monoisotopic (exact) mass is 461 g/mol. The second kappa shape index (κ2) is 8.78. The number of anilines is 1. The number of thiazole rings is 1. The molecule has 0 saturated carbocycles. The summed E-state index contributed by atoms with van der Waals surface area (Å²) >= 11 is 1.58. The minimum Gasteiger partial charge on any atom is -0.366 e. The minimum atomic E-state index is -0.237. The van der Waals surface area contributed by atoms with Gasteiger partial charge < -0.3 is 9.80 Å². The fourth-order valence-electron chi connectivity index (χ4n) is 4.03. The molecule has 0 unspecified atom stereocenters. The quantitative estimate of drug-likeness (QED) is 0.469. The van der Waals surface area contributed by atoms with Gasteiger partial charge in [-0.15, -0.1) is 11.3 Å². The number of nitrogens with zero attached hydrogens (tertiary/aromatic N) is 4. The molecule has 1 aliphatic rings. The van der Waals surface area contributed by atoms with Gasteiger partial charge in [0.1, 0.15) is 10.8 Å². The normalized spacial score (nSPS) is 14.0. The summed E-state index contributed by atoms with van der Waals surface area (Å²) in [5.41, 5.74) is 4.93. The number of nitrogens with one attached hydrogen (secondary N) is 1. The van der Waals surface area contributed by atoms with Gasteiger partial charge in [0, 0.05) is 31.7 Å². The van der Waals surface area contributed by atoms with Crippen LogP contribution < -0.4 is 4.90 Å². The molecule has 5 rings (SSSR count). The Labute approximate surface area is 195 Å². The lowest BCUT2D eigenvalue weighted by molar-refractivity contribution is 0.0740. The number of aromatic amines is 1. The van der Waals surface area contributed by atoms with Gasteiger partial charge in [-0.2, -0.15) is 5.10 Å². The van der Waals surface area contributed by atoms with Gasteiger partial charge in [0.15, 0.2) is 5.69 Å². The van der Waals surface area contributed by atoms with Crippen molar-refractivity contribution >= 4 is 22.9 Å². The summed E-state index contributed by atoms with van der Waals surface area (Å²) < 4.78 is 14.1. The van der Waals surface area contributed by atoms with E-state index in [4.69, 9.17) is 4.98 Å². The number of aryl methyl sites for hydroxylation is 2. The van der Waals surface area contributed by atoms with E-state index < -0.39 is 0 Å². The van der Waals surface area contributed by atoms with Gasteiger partial charge in [-0.1, -0.05) is 42.0 Å². The Hall–Kier alpha value is -3.52. The van der Waals surface area contributed by atoms with Crippen LogP contribution >= 0.6 is 11.3 Å². The Morgan fingerprint density at radius 1 is 1.03 bits per heavy atom. The van der Waals surface area contributed by atoms with Crippen molar-refractivity contribution in [1.82, 2.24) is 20.1 Å². The summed E-state index contributed by atoms with van der Waals surface area (Å²) in [6.07, 6.45) is 0. The zero-order chi connectivity index (χ0) is 22.9. The van der Waals surface area contributed by atoms with Crippen molar-refractivity contribution in [2.75, 3.05) is 31.1 Å². The Morgan fingerprint density at radius 2 is 1.76 bits per heavy atom. The largest absolute Gasteiger partial charge is 0.366 e.